The number of halogens is 1. The fourth-order valence-corrected chi connectivity index (χ4v) is 2.45. The molecule has 0 saturated carbocycles. The van der Waals surface area contributed by atoms with Gasteiger partial charge in [-0.15, -0.1) is 10.2 Å². The van der Waals surface area contributed by atoms with Crippen molar-refractivity contribution in [2.24, 2.45) is 0 Å². The second-order valence-electron chi connectivity index (χ2n) is 3.46. The Balaban J connectivity index is 2.37. The first kappa shape index (κ1) is 13.7. The molecule has 2 heterocycles. The molecule has 0 amide bonds. The van der Waals surface area contributed by atoms with Crippen molar-refractivity contribution >= 4 is 33.4 Å². The third kappa shape index (κ3) is 2.84. The molecule has 0 unspecified atom stereocenters. The summed E-state index contributed by atoms with van der Waals surface area (Å²) >= 11 is 4.15. The Hall–Kier alpha value is -1.68. The summed E-state index contributed by atoms with van der Waals surface area (Å²) in [4.78, 5) is 14.5. The molecule has 0 fully saturated rings. The van der Waals surface area contributed by atoms with E-state index in [1.807, 2.05) is 6.92 Å². The zero-order valence-electron chi connectivity index (χ0n) is 9.78. The minimum Gasteiger partial charge on any atom is -0.336 e. The average Bonchev–Trinajstić information content (AvgIpc) is 2.72. The van der Waals surface area contributed by atoms with Gasteiger partial charge in [0.15, 0.2) is 10.9 Å². The standard InChI is InChI=1S/C9H9BrN6O2S/c1-2-7-13-14-9(15(7)11)19-8-6(16(17)18)3-5(10)4-12-8/h3-4H,2,11H2,1H3. The van der Waals surface area contributed by atoms with Crippen molar-refractivity contribution in [1.82, 2.24) is 19.9 Å². The zero-order chi connectivity index (χ0) is 14.0. The van der Waals surface area contributed by atoms with Gasteiger partial charge in [0.05, 0.1) is 4.92 Å². The number of aromatic nitrogens is 4. The first-order valence-electron chi connectivity index (χ1n) is 5.20. The highest BCUT2D eigenvalue weighted by Gasteiger charge is 2.20. The topological polar surface area (TPSA) is 113 Å². The minimum absolute atomic E-state index is 0.111. The molecule has 0 atom stereocenters. The molecule has 0 saturated heterocycles. The van der Waals surface area contributed by atoms with Gasteiger partial charge >= 0.3 is 5.69 Å². The smallest absolute Gasteiger partial charge is 0.302 e. The summed E-state index contributed by atoms with van der Waals surface area (Å²) in [7, 11) is 0. The SMILES string of the molecule is CCc1nnc(Sc2ncc(Br)cc2[N+](=O)[O-])n1N. The first-order chi connectivity index (χ1) is 9.02. The maximum Gasteiger partial charge on any atom is 0.302 e. The van der Waals surface area contributed by atoms with E-state index in [-0.39, 0.29) is 10.7 Å². The molecule has 0 radical (unpaired) electrons. The van der Waals surface area contributed by atoms with Crippen LogP contribution in [-0.4, -0.2) is 24.8 Å². The summed E-state index contributed by atoms with van der Waals surface area (Å²) in [6.45, 7) is 1.89. The van der Waals surface area contributed by atoms with Gasteiger partial charge in [0.1, 0.15) is 0 Å². The van der Waals surface area contributed by atoms with Crippen molar-refractivity contribution in [1.29, 1.82) is 0 Å². The van der Waals surface area contributed by atoms with Crippen LogP contribution in [0.3, 0.4) is 0 Å². The van der Waals surface area contributed by atoms with E-state index in [0.29, 0.717) is 21.9 Å². The number of hydrogen-bond donors (Lipinski definition) is 1. The molecule has 8 nitrogen and oxygen atoms in total. The van der Waals surface area contributed by atoms with Gasteiger partial charge in [0, 0.05) is 23.2 Å². The van der Waals surface area contributed by atoms with E-state index in [0.717, 1.165) is 11.8 Å². The maximum absolute atomic E-state index is 11.0. The van der Waals surface area contributed by atoms with Gasteiger partial charge in [-0.05, 0) is 27.7 Å². The molecule has 0 aliphatic heterocycles. The normalized spacial score (nSPS) is 10.6. The molecule has 0 aromatic carbocycles. The van der Waals surface area contributed by atoms with Gasteiger partial charge < -0.3 is 5.84 Å². The average molecular weight is 345 g/mol. The lowest BCUT2D eigenvalue weighted by Gasteiger charge is -2.02. The number of nitro groups is 1. The van der Waals surface area contributed by atoms with Crippen LogP contribution in [0.5, 0.6) is 0 Å². The van der Waals surface area contributed by atoms with E-state index in [2.05, 4.69) is 31.1 Å². The number of nitrogens with two attached hydrogens (primary N) is 1. The van der Waals surface area contributed by atoms with Crippen molar-refractivity contribution in [3.63, 3.8) is 0 Å². The summed E-state index contributed by atoms with van der Waals surface area (Å²) in [5.41, 5.74) is -0.111. The fraction of sp³-hybridized carbons (Fsp3) is 0.222. The monoisotopic (exact) mass is 344 g/mol. The van der Waals surface area contributed by atoms with Gasteiger partial charge in [-0.1, -0.05) is 6.92 Å². The van der Waals surface area contributed by atoms with Crippen molar-refractivity contribution in [3.8, 4) is 0 Å². The first-order valence-corrected chi connectivity index (χ1v) is 6.81. The molecule has 0 aliphatic carbocycles. The van der Waals surface area contributed by atoms with E-state index in [4.69, 9.17) is 5.84 Å². The molecule has 0 aliphatic rings. The number of rotatable bonds is 4. The second-order valence-corrected chi connectivity index (χ2v) is 5.33. The van der Waals surface area contributed by atoms with E-state index in [1.165, 1.54) is 16.9 Å². The predicted molar refractivity (Wildman–Crippen MR) is 72.3 cm³/mol. The third-order valence-electron chi connectivity index (χ3n) is 2.23. The Labute approximate surface area is 120 Å². The lowest BCUT2D eigenvalue weighted by Crippen LogP contribution is -2.13. The molecular formula is C9H9BrN6O2S. The summed E-state index contributed by atoms with van der Waals surface area (Å²) in [6, 6.07) is 1.38. The van der Waals surface area contributed by atoms with Crippen molar-refractivity contribution < 1.29 is 4.92 Å². The number of aryl methyl sites for hydroxylation is 1. The van der Waals surface area contributed by atoms with E-state index in [9.17, 15) is 10.1 Å². The highest BCUT2D eigenvalue weighted by Crippen LogP contribution is 2.33. The number of hydrogen-bond acceptors (Lipinski definition) is 7. The molecule has 100 valence electrons. The van der Waals surface area contributed by atoms with Crippen LogP contribution >= 0.6 is 27.7 Å². The van der Waals surface area contributed by atoms with Crippen LogP contribution in [0, 0.1) is 10.1 Å². The summed E-state index contributed by atoms with van der Waals surface area (Å²) in [5.74, 6) is 6.38. The lowest BCUT2D eigenvalue weighted by molar-refractivity contribution is -0.388. The Morgan fingerprint density at radius 3 is 2.89 bits per heavy atom. The van der Waals surface area contributed by atoms with Crippen LogP contribution in [0.2, 0.25) is 0 Å². The van der Waals surface area contributed by atoms with Crippen LogP contribution < -0.4 is 5.84 Å². The van der Waals surface area contributed by atoms with E-state index in [1.54, 1.807) is 0 Å². The molecule has 2 rings (SSSR count). The zero-order valence-corrected chi connectivity index (χ0v) is 12.2. The molecule has 10 heteroatoms. The molecule has 2 aromatic heterocycles. The highest BCUT2D eigenvalue weighted by atomic mass is 79.9. The number of pyridine rings is 1. The minimum atomic E-state index is -0.502. The summed E-state index contributed by atoms with van der Waals surface area (Å²) in [5, 5.41) is 19.3. The van der Waals surface area contributed by atoms with Gasteiger partial charge in [0.25, 0.3) is 0 Å². The van der Waals surface area contributed by atoms with Crippen LogP contribution in [0.15, 0.2) is 26.9 Å². The van der Waals surface area contributed by atoms with Crippen LogP contribution in [0.4, 0.5) is 5.69 Å². The van der Waals surface area contributed by atoms with E-state index < -0.39 is 4.92 Å². The van der Waals surface area contributed by atoms with Crippen LogP contribution in [0.25, 0.3) is 0 Å². The highest BCUT2D eigenvalue weighted by molar-refractivity contribution is 9.10. The Morgan fingerprint density at radius 2 is 2.32 bits per heavy atom. The van der Waals surface area contributed by atoms with Gasteiger partial charge in [-0.2, -0.15) is 0 Å². The molecular weight excluding hydrogens is 336 g/mol. The number of nitrogen functional groups attached to an aromatic ring is 1. The summed E-state index contributed by atoms with van der Waals surface area (Å²) in [6.07, 6.45) is 2.10. The lowest BCUT2D eigenvalue weighted by atomic mass is 10.4. The largest absolute Gasteiger partial charge is 0.336 e. The molecule has 0 bridgehead atoms. The van der Waals surface area contributed by atoms with Crippen molar-refractivity contribution in [2.45, 2.75) is 23.5 Å². The quantitative estimate of drug-likeness (QED) is 0.510. The van der Waals surface area contributed by atoms with Gasteiger partial charge in [0.2, 0.25) is 5.16 Å². The van der Waals surface area contributed by atoms with Crippen molar-refractivity contribution in [3.05, 3.63) is 32.7 Å². The van der Waals surface area contributed by atoms with Crippen molar-refractivity contribution in [2.75, 3.05) is 5.84 Å². The molecule has 19 heavy (non-hydrogen) atoms. The summed E-state index contributed by atoms with van der Waals surface area (Å²) < 4.78 is 1.84. The van der Waals surface area contributed by atoms with Crippen LogP contribution in [-0.2, 0) is 6.42 Å². The molecule has 2 aromatic rings. The number of nitrogens with zero attached hydrogens (tertiary/aromatic N) is 5. The van der Waals surface area contributed by atoms with Gasteiger partial charge in [-0.3, -0.25) is 10.1 Å². The molecule has 2 N–H and O–H groups in total. The third-order valence-corrected chi connectivity index (χ3v) is 3.64. The Kier molecular flexibility index (Phi) is 4.00. The second kappa shape index (κ2) is 5.53. The molecule has 0 spiro atoms. The Morgan fingerprint density at radius 1 is 1.58 bits per heavy atom. The van der Waals surface area contributed by atoms with Crippen LogP contribution in [0.1, 0.15) is 12.7 Å². The maximum atomic E-state index is 11.0. The predicted octanol–water partition coefficient (Wildman–Crippen LogP) is 1.77. The van der Waals surface area contributed by atoms with E-state index >= 15 is 0 Å². The fourth-order valence-electron chi connectivity index (χ4n) is 1.33. The van der Waals surface area contributed by atoms with Gasteiger partial charge in [-0.25, -0.2) is 9.66 Å². The Bertz CT molecular complexity index is 631.